The van der Waals surface area contributed by atoms with E-state index in [1.807, 2.05) is 6.92 Å². The van der Waals surface area contributed by atoms with Crippen LogP contribution in [0.3, 0.4) is 0 Å². The number of carboxylic acid groups (broad SMARTS) is 1. The first kappa shape index (κ1) is 12.9. The van der Waals surface area contributed by atoms with Crippen LogP contribution >= 0.6 is 0 Å². The molecular weight excluding hydrogens is 246 g/mol. The van der Waals surface area contributed by atoms with Gasteiger partial charge in [-0.15, -0.1) is 0 Å². The summed E-state index contributed by atoms with van der Waals surface area (Å²) in [5.41, 5.74) is 6.00. The van der Waals surface area contributed by atoms with E-state index < -0.39 is 11.9 Å². The Morgan fingerprint density at radius 1 is 1.37 bits per heavy atom. The SMILES string of the molecule is C[C@H]1OC(=O)[C@@H]2C[C@@H]3CC(N)CC[C@H]3[C@H](C(=O)O)[C@H]12. The quantitative estimate of drug-likeness (QED) is 0.692. The maximum atomic E-state index is 11.9. The predicted molar refractivity (Wildman–Crippen MR) is 67.1 cm³/mol. The highest BCUT2D eigenvalue weighted by molar-refractivity contribution is 5.79. The number of nitrogens with two attached hydrogens (primary N) is 1. The summed E-state index contributed by atoms with van der Waals surface area (Å²) in [6.07, 6.45) is 3.10. The largest absolute Gasteiger partial charge is 0.481 e. The van der Waals surface area contributed by atoms with Crippen LogP contribution in [-0.4, -0.2) is 29.2 Å². The third-order valence-corrected chi connectivity index (χ3v) is 5.41. The second-order valence-electron chi connectivity index (χ2n) is 6.42. The third kappa shape index (κ3) is 1.95. The molecule has 3 rings (SSSR count). The van der Waals surface area contributed by atoms with Gasteiger partial charge in [0.25, 0.3) is 0 Å². The van der Waals surface area contributed by atoms with Gasteiger partial charge in [0.1, 0.15) is 6.10 Å². The molecule has 0 spiro atoms. The Bertz CT molecular complexity index is 410. The van der Waals surface area contributed by atoms with Crippen LogP contribution in [-0.2, 0) is 14.3 Å². The molecule has 0 bridgehead atoms. The van der Waals surface area contributed by atoms with E-state index in [4.69, 9.17) is 10.5 Å². The first-order valence-corrected chi connectivity index (χ1v) is 7.18. The Labute approximate surface area is 112 Å². The van der Waals surface area contributed by atoms with Crippen molar-refractivity contribution in [1.82, 2.24) is 0 Å². The summed E-state index contributed by atoms with van der Waals surface area (Å²) in [5.74, 6) is -1.38. The Hall–Kier alpha value is -1.10. The van der Waals surface area contributed by atoms with E-state index in [2.05, 4.69) is 0 Å². The summed E-state index contributed by atoms with van der Waals surface area (Å²) in [4.78, 5) is 23.6. The standard InChI is InChI=1S/C14H21NO4/c1-6-11-10(14(18)19-6)5-7-4-8(15)2-3-9(7)12(11)13(16)17/h6-12H,2-5,15H2,1H3,(H,16,17)/t6-,7+,8?,9-,10-,11-,12+/m1/s1. The van der Waals surface area contributed by atoms with Crippen molar-refractivity contribution in [2.45, 2.75) is 44.8 Å². The van der Waals surface area contributed by atoms with E-state index in [0.29, 0.717) is 0 Å². The Kier molecular flexibility index (Phi) is 3.04. The Morgan fingerprint density at radius 3 is 2.79 bits per heavy atom. The lowest BCUT2D eigenvalue weighted by Gasteiger charge is -2.46. The van der Waals surface area contributed by atoms with Gasteiger partial charge in [-0.05, 0) is 44.4 Å². The van der Waals surface area contributed by atoms with E-state index in [0.717, 1.165) is 25.7 Å². The minimum absolute atomic E-state index is 0.152. The Balaban J connectivity index is 1.92. The molecule has 1 heterocycles. The molecule has 3 fully saturated rings. The zero-order valence-electron chi connectivity index (χ0n) is 11.1. The fourth-order valence-electron chi connectivity index (χ4n) is 4.66. The molecule has 1 aliphatic heterocycles. The lowest BCUT2D eigenvalue weighted by molar-refractivity contribution is -0.152. The predicted octanol–water partition coefficient (Wildman–Crippen LogP) is 1.01. The average Bonchev–Trinajstić information content (AvgIpc) is 2.61. The van der Waals surface area contributed by atoms with Crippen molar-refractivity contribution in [2.24, 2.45) is 35.3 Å². The number of carbonyl (C=O) groups excluding carboxylic acids is 1. The molecule has 7 atom stereocenters. The minimum Gasteiger partial charge on any atom is -0.481 e. The van der Waals surface area contributed by atoms with Crippen LogP contribution in [0.25, 0.3) is 0 Å². The Morgan fingerprint density at radius 2 is 2.11 bits per heavy atom. The number of ether oxygens (including phenoxy) is 1. The summed E-state index contributed by atoms with van der Waals surface area (Å²) in [6, 6.07) is 0.155. The van der Waals surface area contributed by atoms with Crippen LogP contribution < -0.4 is 5.73 Å². The van der Waals surface area contributed by atoms with Gasteiger partial charge in [-0.2, -0.15) is 0 Å². The summed E-state index contributed by atoms with van der Waals surface area (Å²) < 4.78 is 5.29. The molecule has 19 heavy (non-hydrogen) atoms. The van der Waals surface area contributed by atoms with Crippen molar-refractivity contribution in [3.05, 3.63) is 0 Å². The number of fused-ring (bicyclic) bond motifs is 2. The smallest absolute Gasteiger partial charge is 0.309 e. The van der Waals surface area contributed by atoms with Gasteiger partial charge in [0, 0.05) is 12.0 Å². The van der Waals surface area contributed by atoms with Gasteiger partial charge in [-0.25, -0.2) is 0 Å². The van der Waals surface area contributed by atoms with Gasteiger partial charge in [0.05, 0.1) is 11.8 Å². The van der Waals surface area contributed by atoms with Gasteiger partial charge in [-0.1, -0.05) is 0 Å². The highest BCUT2D eigenvalue weighted by Gasteiger charge is 2.57. The van der Waals surface area contributed by atoms with Crippen LogP contribution in [0.1, 0.15) is 32.6 Å². The molecule has 0 aromatic heterocycles. The van der Waals surface area contributed by atoms with Crippen LogP contribution in [0, 0.1) is 29.6 Å². The van der Waals surface area contributed by atoms with E-state index in [1.54, 1.807) is 0 Å². The molecule has 0 amide bonds. The van der Waals surface area contributed by atoms with Gasteiger partial charge in [-0.3, -0.25) is 9.59 Å². The average molecular weight is 267 g/mol. The molecule has 106 valence electrons. The molecule has 3 aliphatic rings. The second kappa shape index (κ2) is 4.47. The normalized spacial score (nSPS) is 49.2. The zero-order chi connectivity index (χ0) is 13.7. The van der Waals surface area contributed by atoms with Crippen molar-refractivity contribution in [1.29, 1.82) is 0 Å². The molecule has 0 aromatic rings. The van der Waals surface area contributed by atoms with Crippen molar-refractivity contribution in [3.63, 3.8) is 0 Å². The van der Waals surface area contributed by atoms with Gasteiger partial charge in [0.2, 0.25) is 0 Å². The lowest BCUT2D eigenvalue weighted by Crippen LogP contribution is -2.49. The molecule has 2 saturated carbocycles. The summed E-state index contributed by atoms with van der Waals surface area (Å²) in [6.45, 7) is 1.83. The van der Waals surface area contributed by atoms with Crippen LogP contribution in [0.4, 0.5) is 0 Å². The van der Waals surface area contributed by atoms with E-state index in [1.165, 1.54) is 0 Å². The van der Waals surface area contributed by atoms with Crippen molar-refractivity contribution in [3.8, 4) is 0 Å². The van der Waals surface area contributed by atoms with Crippen molar-refractivity contribution in [2.75, 3.05) is 0 Å². The van der Waals surface area contributed by atoms with Crippen LogP contribution in [0.2, 0.25) is 0 Å². The number of aliphatic carboxylic acids is 1. The number of carboxylic acids is 1. The van der Waals surface area contributed by atoms with Crippen molar-refractivity contribution >= 4 is 11.9 Å². The first-order valence-electron chi connectivity index (χ1n) is 7.18. The highest BCUT2D eigenvalue weighted by Crippen LogP contribution is 2.52. The zero-order valence-corrected chi connectivity index (χ0v) is 11.1. The minimum atomic E-state index is -0.773. The molecule has 1 saturated heterocycles. The molecule has 2 aliphatic carbocycles. The number of esters is 1. The number of rotatable bonds is 1. The second-order valence-corrected chi connectivity index (χ2v) is 6.42. The third-order valence-electron chi connectivity index (χ3n) is 5.41. The summed E-state index contributed by atoms with van der Waals surface area (Å²) >= 11 is 0. The maximum absolute atomic E-state index is 11.9. The van der Waals surface area contributed by atoms with Gasteiger partial charge in [0.15, 0.2) is 0 Å². The number of cyclic esters (lactones) is 1. The molecule has 5 heteroatoms. The molecule has 3 N–H and O–H groups in total. The van der Waals surface area contributed by atoms with E-state index >= 15 is 0 Å². The van der Waals surface area contributed by atoms with Crippen molar-refractivity contribution < 1.29 is 19.4 Å². The van der Waals surface area contributed by atoms with E-state index in [-0.39, 0.29) is 41.8 Å². The van der Waals surface area contributed by atoms with Gasteiger partial charge < -0.3 is 15.6 Å². The fraction of sp³-hybridized carbons (Fsp3) is 0.857. The number of carbonyl (C=O) groups is 2. The molecule has 0 aromatic carbocycles. The number of hydrogen-bond acceptors (Lipinski definition) is 4. The molecular formula is C14H21NO4. The van der Waals surface area contributed by atoms with E-state index in [9.17, 15) is 14.7 Å². The highest BCUT2D eigenvalue weighted by atomic mass is 16.6. The topological polar surface area (TPSA) is 89.6 Å². The first-order chi connectivity index (χ1) is 8.99. The number of hydrogen-bond donors (Lipinski definition) is 2. The maximum Gasteiger partial charge on any atom is 0.309 e. The summed E-state index contributed by atoms with van der Waals surface area (Å²) in [7, 11) is 0. The summed E-state index contributed by atoms with van der Waals surface area (Å²) in [5, 5.41) is 9.60. The van der Waals surface area contributed by atoms with Crippen LogP contribution in [0.5, 0.6) is 0 Å². The molecule has 5 nitrogen and oxygen atoms in total. The van der Waals surface area contributed by atoms with Crippen LogP contribution in [0.15, 0.2) is 0 Å². The monoisotopic (exact) mass is 267 g/mol. The lowest BCUT2D eigenvalue weighted by atomic mass is 9.57. The fourth-order valence-corrected chi connectivity index (χ4v) is 4.66. The molecule has 1 unspecified atom stereocenters. The molecule has 0 radical (unpaired) electrons. The van der Waals surface area contributed by atoms with Gasteiger partial charge >= 0.3 is 11.9 Å².